The molecule has 0 heterocycles. The van der Waals surface area contributed by atoms with Gasteiger partial charge in [-0.2, -0.15) is 0 Å². The van der Waals surface area contributed by atoms with E-state index in [0.717, 1.165) is 33.9 Å². The fourth-order valence-corrected chi connectivity index (χ4v) is 3.39. The fourth-order valence-electron chi connectivity index (χ4n) is 2.89. The van der Waals surface area contributed by atoms with Gasteiger partial charge in [-0.3, -0.25) is 0 Å². The summed E-state index contributed by atoms with van der Waals surface area (Å²) in [5.74, 6) is 0.717. The van der Waals surface area contributed by atoms with E-state index < -0.39 is 0 Å². The third-order valence-corrected chi connectivity index (χ3v) is 5.83. The summed E-state index contributed by atoms with van der Waals surface area (Å²) in [6, 6.07) is 4.09. The molecular formula is C15H23BrN2. The van der Waals surface area contributed by atoms with Gasteiger partial charge in [0.25, 0.3) is 0 Å². The zero-order chi connectivity index (χ0) is 13.7. The molecule has 100 valence electrons. The minimum atomic E-state index is 0.426. The summed E-state index contributed by atoms with van der Waals surface area (Å²) >= 11 is 3.57. The molecule has 0 saturated heterocycles. The highest BCUT2D eigenvalue weighted by atomic mass is 79.9. The minimum Gasteiger partial charge on any atom is -0.398 e. The molecule has 2 nitrogen and oxygen atoms in total. The van der Waals surface area contributed by atoms with Crippen LogP contribution in [-0.2, 0) is 0 Å². The quantitative estimate of drug-likeness (QED) is 0.810. The van der Waals surface area contributed by atoms with Crippen LogP contribution in [0.4, 0.5) is 11.4 Å². The van der Waals surface area contributed by atoms with Gasteiger partial charge in [-0.15, -0.1) is 0 Å². The Hall–Kier alpha value is -0.700. The zero-order valence-electron chi connectivity index (χ0n) is 11.9. The number of rotatable bonds is 3. The van der Waals surface area contributed by atoms with Crippen LogP contribution in [0.25, 0.3) is 0 Å². The molecule has 1 aliphatic rings. The molecule has 3 heteroatoms. The molecule has 1 aliphatic carbocycles. The number of nitrogen functional groups attached to an aromatic ring is 1. The highest BCUT2D eigenvalue weighted by Crippen LogP contribution is 2.68. The maximum absolute atomic E-state index is 5.89. The van der Waals surface area contributed by atoms with Crippen molar-refractivity contribution in [2.45, 2.75) is 34.6 Å². The molecule has 1 aromatic carbocycles. The molecule has 0 radical (unpaired) electrons. The Bertz CT molecular complexity index is 464. The average Bonchev–Trinajstić information content (AvgIpc) is 2.62. The maximum atomic E-state index is 5.89. The Morgan fingerprint density at radius 2 is 1.78 bits per heavy atom. The second-order valence-corrected chi connectivity index (χ2v) is 7.42. The number of nitrogens with two attached hydrogens (primary N) is 1. The summed E-state index contributed by atoms with van der Waals surface area (Å²) in [5.41, 5.74) is 9.83. The van der Waals surface area contributed by atoms with Gasteiger partial charge in [0, 0.05) is 22.4 Å². The molecule has 0 spiro atoms. The Balaban J connectivity index is 2.07. The Labute approximate surface area is 118 Å². The lowest BCUT2D eigenvalue weighted by atomic mass is 10.0. The summed E-state index contributed by atoms with van der Waals surface area (Å²) in [4.78, 5) is 0. The number of aryl methyl sites for hydroxylation is 1. The normalized spacial score (nSPS) is 20.8. The molecule has 2 rings (SSSR count). The molecule has 0 aliphatic heterocycles. The lowest BCUT2D eigenvalue weighted by Crippen LogP contribution is -2.09. The summed E-state index contributed by atoms with van der Waals surface area (Å²) < 4.78 is 1.04. The van der Waals surface area contributed by atoms with Gasteiger partial charge in [0.15, 0.2) is 0 Å². The topological polar surface area (TPSA) is 38.0 Å². The molecule has 18 heavy (non-hydrogen) atoms. The number of halogens is 1. The molecule has 0 unspecified atom stereocenters. The number of nitrogens with one attached hydrogen (secondary N) is 1. The van der Waals surface area contributed by atoms with E-state index >= 15 is 0 Å². The SMILES string of the molecule is Cc1cc(NCC2C(C)(C)C2(C)C)c(Br)cc1N. The van der Waals surface area contributed by atoms with Crippen LogP contribution in [0.5, 0.6) is 0 Å². The minimum absolute atomic E-state index is 0.426. The summed E-state index contributed by atoms with van der Waals surface area (Å²) in [6.45, 7) is 12.5. The summed E-state index contributed by atoms with van der Waals surface area (Å²) in [7, 11) is 0. The van der Waals surface area contributed by atoms with Crippen LogP contribution in [0.1, 0.15) is 33.3 Å². The van der Waals surface area contributed by atoms with Crippen molar-refractivity contribution in [3.05, 3.63) is 22.2 Å². The van der Waals surface area contributed by atoms with Crippen molar-refractivity contribution in [1.29, 1.82) is 0 Å². The van der Waals surface area contributed by atoms with E-state index in [0.29, 0.717) is 10.8 Å². The second-order valence-electron chi connectivity index (χ2n) is 6.57. The molecule has 3 N–H and O–H groups in total. The van der Waals surface area contributed by atoms with Crippen molar-refractivity contribution >= 4 is 27.3 Å². The molecule has 1 fully saturated rings. The van der Waals surface area contributed by atoms with E-state index in [2.05, 4.69) is 55.0 Å². The Morgan fingerprint density at radius 1 is 1.22 bits per heavy atom. The molecule has 0 bridgehead atoms. The van der Waals surface area contributed by atoms with Gasteiger partial charge in [0.2, 0.25) is 0 Å². The summed E-state index contributed by atoms with van der Waals surface area (Å²) in [5, 5.41) is 3.55. The highest BCUT2D eigenvalue weighted by Gasteiger charge is 2.64. The molecule has 1 saturated carbocycles. The monoisotopic (exact) mass is 310 g/mol. The van der Waals surface area contributed by atoms with E-state index in [1.165, 1.54) is 0 Å². The van der Waals surface area contributed by atoms with Gasteiger partial charge in [-0.1, -0.05) is 27.7 Å². The van der Waals surface area contributed by atoms with E-state index in [-0.39, 0.29) is 0 Å². The van der Waals surface area contributed by atoms with Crippen LogP contribution >= 0.6 is 15.9 Å². The van der Waals surface area contributed by atoms with Gasteiger partial charge in [0.05, 0.1) is 0 Å². The lowest BCUT2D eigenvalue weighted by Gasteiger charge is -2.12. The standard InChI is InChI=1S/C15H23BrN2/c1-9-6-12(10(16)7-11(9)17)18-8-13-14(2,3)15(13,4)5/h6-7,13,18H,8,17H2,1-5H3. The number of hydrogen-bond acceptors (Lipinski definition) is 2. The predicted molar refractivity (Wildman–Crippen MR) is 82.8 cm³/mol. The van der Waals surface area contributed by atoms with Crippen LogP contribution in [0.3, 0.4) is 0 Å². The van der Waals surface area contributed by atoms with Crippen LogP contribution in [0.15, 0.2) is 16.6 Å². The van der Waals surface area contributed by atoms with Gasteiger partial charge in [0.1, 0.15) is 0 Å². The van der Waals surface area contributed by atoms with Crippen LogP contribution in [-0.4, -0.2) is 6.54 Å². The van der Waals surface area contributed by atoms with E-state index in [1.54, 1.807) is 0 Å². The first-order valence-corrected chi connectivity index (χ1v) is 7.26. The third kappa shape index (κ3) is 2.03. The van der Waals surface area contributed by atoms with E-state index in [1.807, 2.05) is 13.0 Å². The first kappa shape index (κ1) is 13.7. The molecule has 0 aromatic heterocycles. The molecule has 0 atom stereocenters. The Kier molecular flexibility index (Phi) is 3.17. The fraction of sp³-hybridized carbons (Fsp3) is 0.600. The van der Waals surface area contributed by atoms with Gasteiger partial charge >= 0.3 is 0 Å². The number of anilines is 2. The third-order valence-electron chi connectivity index (χ3n) is 5.17. The zero-order valence-corrected chi connectivity index (χ0v) is 13.5. The molecule has 0 amide bonds. The average molecular weight is 311 g/mol. The van der Waals surface area contributed by atoms with Crippen molar-refractivity contribution in [3.8, 4) is 0 Å². The van der Waals surface area contributed by atoms with Crippen LogP contribution in [0.2, 0.25) is 0 Å². The highest BCUT2D eigenvalue weighted by molar-refractivity contribution is 9.10. The number of hydrogen-bond donors (Lipinski definition) is 2. The lowest BCUT2D eigenvalue weighted by molar-refractivity contribution is 0.457. The van der Waals surface area contributed by atoms with E-state index in [9.17, 15) is 0 Å². The first-order chi connectivity index (χ1) is 8.18. The van der Waals surface area contributed by atoms with Crippen molar-refractivity contribution in [1.82, 2.24) is 0 Å². The van der Waals surface area contributed by atoms with E-state index in [4.69, 9.17) is 5.73 Å². The van der Waals surface area contributed by atoms with Crippen molar-refractivity contribution in [2.24, 2.45) is 16.7 Å². The van der Waals surface area contributed by atoms with Crippen LogP contribution in [0, 0.1) is 23.7 Å². The largest absolute Gasteiger partial charge is 0.398 e. The van der Waals surface area contributed by atoms with Crippen molar-refractivity contribution in [3.63, 3.8) is 0 Å². The van der Waals surface area contributed by atoms with Crippen molar-refractivity contribution < 1.29 is 0 Å². The molecule has 1 aromatic rings. The molecular weight excluding hydrogens is 288 g/mol. The predicted octanol–water partition coefficient (Wildman–Crippen LogP) is 4.43. The maximum Gasteiger partial charge on any atom is 0.0488 e. The second kappa shape index (κ2) is 4.16. The van der Waals surface area contributed by atoms with Gasteiger partial charge in [-0.25, -0.2) is 0 Å². The smallest absolute Gasteiger partial charge is 0.0488 e. The van der Waals surface area contributed by atoms with Crippen molar-refractivity contribution in [2.75, 3.05) is 17.6 Å². The van der Waals surface area contributed by atoms with Gasteiger partial charge < -0.3 is 11.1 Å². The van der Waals surface area contributed by atoms with Crippen LogP contribution < -0.4 is 11.1 Å². The Morgan fingerprint density at radius 3 is 2.28 bits per heavy atom. The summed E-state index contributed by atoms with van der Waals surface area (Å²) in [6.07, 6.45) is 0. The first-order valence-electron chi connectivity index (χ1n) is 6.47. The van der Waals surface area contributed by atoms with Gasteiger partial charge in [-0.05, 0) is 57.3 Å². The number of benzene rings is 1.